The number of nitrogens with one attached hydrogen (secondary N) is 1. The molecule has 4 rings (SSSR count). The van der Waals surface area contributed by atoms with Gasteiger partial charge >= 0.3 is 0 Å². The topological polar surface area (TPSA) is 88.2 Å². The summed E-state index contributed by atoms with van der Waals surface area (Å²) >= 11 is 1.61. The van der Waals surface area contributed by atoms with Crippen LogP contribution >= 0.6 is 11.3 Å². The predicted molar refractivity (Wildman–Crippen MR) is 128 cm³/mol. The van der Waals surface area contributed by atoms with Gasteiger partial charge in [-0.1, -0.05) is 19.4 Å². The number of thiophene rings is 1. The van der Waals surface area contributed by atoms with Crippen LogP contribution in [-0.4, -0.2) is 71.2 Å². The molecule has 1 amide bonds. The van der Waals surface area contributed by atoms with Crippen molar-refractivity contribution in [2.24, 2.45) is 0 Å². The molecule has 0 unspecified atom stereocenters. The molecule has 2 aliphatic rings. The van der Waals surface area contributed by atoms with Crippen molar-refractivity contribution < 1.29 is 22.7 Å². The van der Waals surface area contributed by atoms with Gasteiger partial charge in [-0.3, -0.25) is 4.79 Å². The highest BCUT2D eigenvalue weighted by molar-refractivity contribution is 7.89. The molecule has 180 valence electrons. The average Bonchev–Trinajstić information content (AvgIpc) is 3.39. The molecular formula is C23H31N3O5S2. The van der Waals surface area contributed by atoms with E-state index in [4.69, 9.17) is 9.47 Å². The van der Waals surface area contributed by atoms with Crippen molar-refractivity contribution in [3.63, 3.8) is 0 Å². The van der Waals surface area contributed by atoms with Crippen molar-refractivity contribution in [1.29, 1.82) is 0 Å². The highest BCUT2D eigenvalue weighted by Gasteiger charge is 2.31. The highest BCUT2D eigenvalue weighted by atomic mass is 32.2. The summed E-state index contributed by atoms with van der Waals surface area (Å²) in [6.07, 6.45) is 1.74. The maximum absolute atomic E-state index is 13.6. The van der Waals surface area contributed by atoms with Gasteiger partial charge in [0.1, 0.15) is 4.90 Å². The fourth-order valence-electron chi connectivity index (χ4n) is 4.16. The zero-order valence-electron chi connectivity index (χ0n) is 18.9. The van der Waals surface area contributed by atoms with E-state index in [1.807, 2.05) is 22.4 Å². The van der Waals surface area contributed by atoms with E-state index >= 15 is 0 Å². The van der Waals surface area contributed by atoms with E-state index in [-0.39, 0.29) is 16.8 Å². The third-order valence-corrected chi connectivity index (χ3v) is 8.84. The molecule has 0 bridgehead atoms. The molecule has 1 atom stereocenters. The number of amides is 1. The van der Waals surface area contributed by atoms with Crippen LogP contribution in [0.4, 0.5) is 5.69 Å². The minimum atomic E-state index is -3.79. The molecule has 0 radical (unpaired) electrons. The number of anilines is 1. The Bertz CT molecular complexity index is 1030. The summed E-state index contributed by atoms with van der Waals surface area (Å²) in [5, 5.41) is 5.10. The molecule has 33 heavy (non-hydrogen) atoms. The first-order valence-corrected chi connectivity index (χ1v) is 13.7. The Kier molecular flexibility index (Phi) is 8.02. The third kappa shape index (κ3) is 5.58. The van der Waals surface area contributed by atoms with Crippen LogP contribution in [0.2, 0.25) is 0 Å². The maximum atomic E-state index is 13.6. The van der Waals surface area contributed by atoms with Gasteiger partial charge in [-0.05, 0) is 36.1 Å². The number of nitrogens with zero attached hydrogens (tertiary/aromatic N) is 2. The number of morpholine rings is 2. The first kappa shape index (κ1) is 24.2. The smallest absolute Gasteiger partial charge is 0.251 e. The average molecular weight is 494 g/mol. The van der Waals surface area contributed by atoms with E-state index in [1.54, 1.807) is 23.5 Å². The SMILES string of the molecule is CCC[C@@H](NC(=O)c1ccc(N2CCOCC2)c(S(=O)(=O)N2CCOCC2)c1)c1cccs1. The Morgan fingerprint density at radius 2 is 1.79 bits per heavy atom. The van der Waals surface area contributed by atoms with Gasteiger partial charge in [-0.15, -0.1) is 11.3 Å². The van der Waals surface area contributed by atoms with Gasteiger partial charge in [0.2, 0.25) is 10.0 Å². The molecule has 2 aromatic rings. The number of hydrogen-bond donors (Lipinski definition) is 1. The summed E-state index contributed by atoms with van der Waals surface area (Å²) in [5.74, 6) is -0.270. The van der Waals surface area contributed by atoms with Crippen LogP contribution in [0.1, 0.15) is 41.0 Å². The van der Waals surface area contributed by atoms with Crippen molar-refractivity contribution >= 4 is 33.0 Å². The van der Waals surface area contributed by atoms with E-state index in [0.29, 0.717) is 63.9 Å². The van der Waals surface area contributed by atoms with Crippen molar-refractivity contribution in [1.82, 2.24) is 9.62 Å². The molecule has 10 heteroatoms. The second-order valence-corrected chi connectivity index (χ2v) is 11.0. The van der Waals surface area contributed by atoms with Crippen LogP contribution in [0.3, 0.4) is 0 Å². The molecule has 1 aromatic carbocycles. The van der Waals surface area contributed by atoms with Crippen molar-refractivity contribution in [3.8, 4) is 0 Å². The number of hydrogen-bond acceptors (Lipinski definition) is 7. The van der Waals surface area contributed by atoms with Crippen molar-refractivity contribution in [2.45, 2.75) is 30.7 Å². The molecule has 0 spiro atoms. The number of rotatable bonds is 8. The van der Waals surface area contributed by atoms with Gasteiger partial charge in [-0.25, -0.2) is 8.42 Å². The molecule has 0 saturated carbocycles. The number of carbonyl (C=O) groups is 1. The summed E-state index contributed by atoms with van der Waals surface area (Å²) in [5.41, 5.74) is 0.959. The summed E-state index contributed by atoms with van der Waals surface area (Å²) in [4.78, 5) is 16.5. The molecule has 8 nitrogen and oxygen atoms in total. The molecule has 1 aromatic heterocycles. The van der Waals surface area contributed by atoms with Gasteiger partial charge in [0, 0.05) is 36.6 Å². The van der Waals surface area contributed by atoms with E-state index in [1.165, 1.54) is 10.4 Å². The lowest BCUT2D eigenvalue weighted by Crippen LogP contribution is -2.42. The predicted octanol–water partition coefficient (Wildman–Crippen LogP) is 2.88. The summed E-state index contributed by atoms with van der Waals surface area (Å²) in [6, 6.07) is 8.90. The van der Waals surface area contributed by atoms with Gasteiger partial charge in [0.15, 0.2) is 0 Å². The van der Waals surface area contributed by atoms with Crippen LogP contribution in [0.5, 0.6) is 0 Å². The van der Waals surface area contributed by atoms with Crippen LogP contribution in [0, 0.1) is 0 Å². The lowest BCUT2D eigenvalue weighted by Gasteiger charge is -2.33. The normalized spacial score (nSPS) is 18.8. The largest absolute Gasteiger partial charge is 0.379 e. The molecule has 2 aliphatic heterocycles. The third-order valence-electron chi connectivity index (χ3n) is 5.93. The molecule has 0 aliphatic carbocycles. The van der Waals surface area contributed by atoms with Gasteiger partial charge in [0.25, 0.3) is 5.91 Å². The molecule has 3 heterocycles. The Balaban J connectivity index is 1.66. The Hall–Kier alpha value is -1.98. The highest BCUT2D eigenvalue weighted by Crippen LogP contribution is 2.31. The van der Waals surface area contributed by atoms with Gasteiger partial charge < -0.3 is 19.7 Å². The van der Waals surface area contributed by atoms with Crippen LogP contribution in [0.25, 0.3) is 0 Å². The number of carbonyl (C=O) groups excluding carboxylic acids is 1. The monoisotopic (exact) mass is 493 g/mol. The van der Waals surface area contributed by atoms with Gasteiger partial charge in [0.05, 0.1) is 38.2 Å². The Morgan fingerprint density at radius 3 is 2.42 bits per heavy atom. The van der Waals surface area contributed by atoms with E-state index in [2.05, 4.69) is 12.2 Å². The summed E-state index contributed by atoms with van der Waals surface area (Å²) in [7, 11) is -3.79. The lowest BCUT2D eigenvalue weighted by molar-refractivity contribution is 0.0730. The fourth-order valence-corrected chi connectivity index (χ4v) is 6.62. The molecule has 2 fully saturated rings. The zero-order valence-corrected chi connectivity index (χ0v) is 20.5. The number of sulfonamides is 1. The second kappa shape index (κ2) is 11.0. The quantitative estimate of drug-likeness (QED) is 0.609. The minimum absolute atomic E-state index is 0.0966. The Labute approximate surface area is 199 Å². The van der Waals surface area contributed by atoms with E-state index in [9.17, 15) is 13.2 Å². The first-order valence-electron chi connectivity index (χ1n) is 11.4. The fraction of sp³-hybridized carbons (Fsp3) is 0.522. The second-order valence-electron chi connectivity index (χ2n) is 8.13. The Morgan fingerprint density at radius 1 is 1.09 bits per heavy atom. The van der Waals surface area contributed by atoms with Crippen LogP contribution in [0.15, 0.2) is 40.6 Å². The van der Waals surface area contributed by atoms with Crippen molar-refractivity contribution in [2.75, 3.05) is 57.5 Å². The van der Waals surface area contributed by atoms with Crippen LogP contribution < -0.4 is 10.2 Å². The summed E-state index contributed by atoms with van der Waals surface area (Å²) < 4.78 is 39.5. The number of ether oxygens (including phenoxy) is 2. The van der Waals surface area contributed by atoms with Crippen molar-refractivity contribution in [3.05, 3.63) is 46.2 Å². The van der Waals surface area contributed by atoms with Crippen LogP contribution in [-0.2, 0) is 19.5 Å². The molecule has 1 N–H and O–H groups in total. The number of benzene rings is 1. The lowest BCUT2D eigenvalue weighted by atomic mass is 10.1. The standard InChI is InChI=1S/C23H31N3O5S2/c1-2-4-19(21-5-3-16-32-21)24-23(27)18-6-7-20(25-8-12-30-13-9-25)22(17-18)33(28,29)26-10-14-31-15-11-26/h3,5-7,16-17,19H,2,4,8-15H2,1H3,(H,24,27)/t19-/m1/s1. The molecule has 2 saturated heterocycles. The first-order chi connectivity index (χ1) is 16.0. The maximum Gasteiger partial charge on any atom is 0.251 e. The van der Waals surface area contributed by atoms with E-state index in [0.717, 1.165) is 17.7 Å². The summed E-state index contributed by atoms with van der Waals surface area (Å²) in [6.45, 7) is 5.71. The van der Waals surface area contributed by atoms with Gasteiger partial charge in [-0.2, -0.15) is 4.31 Å². The van der Waals surface area contributed by atoms with E-state index < -0.39 is 10.0 Å². The molecular weight excluding hydrogens is 462 g/mol. The minimum Gasteiger partial charge on any atom is -0.379 e. The zero-order chi connectivity index (χ0) is 23.3.